The van der Waals surface area contributed by atoms with E-state index in [-0.39, 0.29) is 0 Å². The van der Waals surface area contributed by atoms with E-state index in [4.69, 9.17) is 4.42 Å². The first-order chi connectivity index (χ1) is 8.29. The van der Waals surface area contributed by atoms with E-state index >= 15 is 0 Å². The van der Waals surface area contributed by atoms with E-state index in [2.05, 4.69) is 34.7 Å². The largest absolute Gasteiger partial charge is 0.407 e. The van der Waals surface area contributed by atoms with Crippen LogP contribution in [-0.4, -0.2) is 23.3 Å². The van der Waals surface area contributed by atoms with Crippen molar-refractivity contribution in [2.75, 3.05) is 18.4 Å². The lowest BCUT2D eigenvalue weighted by Crippen LogP contribution is -2.14. The van der Waals surface area contributed by atoms with Gasteiger partial charge in [0, 0.05) is 6.54 Å². The van der Waals surface area contributed by atoms with Crippen molar-refractivity contribution < 1.29 is 4.42 Å². The molecule has 96 valence electrons. The molecule has 2 N–H and O–H groups in total. The lowest BCUT2D eigenvalue weighted by Gasteiger charge is -2.08. The summed E-state index contributed by atoms with van der Waals surface area (Å²) in [6.07, 6.45) is 3.86. The summed E-state index contributed by atoms with van der Waals surface area (Å²) >= 11 is 0. The first-order valence-electron chi connectivity index (χ1n) is 6.56. The zero-order valence-electron chi connectivity index (χ0n) is 10.7. The third-order valence-corrected chi connectivity index (χ3v) is 3.17. The molecule has 0 radical (unpaired) electrons. The summed E-state index contributed by atoms with van der Waals surface area (Å²) < 4.78 is 5.48. The maximum atomic E-state index is 5.48. The van der Waals surface area contributed by atoms with Gasteiger partial charge in [0.15, 0.2) is 0 Å². The molecule has 0 bridgehead atoms. The normalized spacial score (nSPS) is 17.1. The van der Waals surface area contributed by atoms with Gasteiger partial charge in [0.25, 0.3) is 0 Å². The Labute approximate surface area is 102 Å². The van der Waals surface area contributed by atoms with Crippen molar-refractivity contribution in [3.63, 3.8) is 0 Å². The lowest BCUT2D eigenvalue weighted by atomic mass is 10.1. The zero-order chi connectivity index (χ0) is 12.1. The van der Waals surface area contributed by atoms with Crippen LogP contribution < -0.4 is 10.6 Å². The van der Waals surface area contributed by atoms with E-state index in [1.807, 2.05) is 0 Å². The molecule has 17 heavy (non-hydrogen) atoms. The van der Waals surface area contributed by atoms with Crippen LogP contribution in [0.4, 0.5) is 6.01 Å². The number of hydrogen-bond acceptors (Lipinski definition) is 5. The molecule has 0 aliphatic heterocycles. The third kappa shape index (κ3) is 4.00. The van der Waals surface area contributed by atoms with Gasteiger partial charge in [-0.1, -0.05) is 18.9 Å². The van der Waals surface area contributed by atoms with Gasteiger partial charge in [-0.2, -0.15) is 0 Å². The first-order valence-corrected chi connectivity index (χ1v) is 6.56. The Bertz CT molecular complexity index is 335. The molecule has 1 aromatic heterocycles. The highest BCUT2D eigenvalue weighted by Gasteiger charge is 2.27. The van der Waals surface area contributed by atoms with E-state index in [9.17, 15) is 0 Å². The summed E-state index contributed by atoms with van der Waals surface area (Å²) in [6.45, 7) is 6.96. The SMILES string of the molecule is CCCNCc1nnc(NCC(C)C2CC2)o1. The van der Waals surface area contributed by atoms with Gasteiger partial charge in [-0.25, -0.2) is 0 Å². The Morgan fingerprint density at radius 1 is 1.41 bits per heavy atom. The van der Waals surface area contributed by atoms with E-state index in [1.54, 1.807) is 0 Å². The van der Waals surface area contributed by atoms with Gasteiger partial charge in [-0.3, -0.25) is 0 Å². The Kier molecular flexibility index (Phi) is 4.36. The van der Waals surface area contributed by atoms with Crippen molar-refractivity contribution in [2.45, 2.75) is 39.7 Å². The van der Waals surface area contributed by atoms with Crippen LogP contribution in [0.1, 0.15) is 39.0 Å². The first kappa shape index (κ1) is 12.4. The molecular formula is C12H22N4O. The molecular weight excluding hydrogens is 216 g/mol. The third-order valence-electron chi connectivity index (χ3n) is 3.17. The van der Waals surface area contributed by atoms with Crippen LogP contribution >= 0.6 is 0 Å². The van der Waals surface area contributed by atoms with Crippen LogP contribution in [0.3, 0.4) is 0 Å². The minimum atomic E-state index is 0.547. The van der Waals surface area contributed by atoms with Crippen LogP contribution in [0.2, 0.25) is 0 Å². The molecule has 0 saturated heterocycles. The van der Waals surface area contributed by atoms with Gasteiger partial charge in [0.2, 0.25) is 5.89 Å². The molecule has 1 unspecified atom stereocenters. The predicted octanol–water partition coefficient (Wildman–Crippen LogP) is 2.03. The summed E-state index contributed by atoms with van der Waals surface area (Å²) in [4.78, 5) is 0. The van der Waals surface area contributed by atoms with Gasteiger partial charge in [-0.05, 0) is 37.6 Å². The molecule has 0 spiro atoms. The standard InChI is InChI=1S/C12H22N4O/c1-3-6-13-8-11-15-16-12(17-11)14-7-9(2)10-4-5-10/h9-10,13H,3-8H2,1-2H3,(H,14,16). The summed E-state index contributed by atoms with van der Waals surface area (Å²) in [6, 6.07) is 0.547. The molecule has 5 nitrogen and oxygen atoms in total. The summed E-state index contributed by atoms with van der Waals surface area (Å²) in [7, 11) is 0. The van der Waals surface area contributed by atoms with Crippen molar-refractivity contribution in [2.24, 2.45) is 11.8 Å². The molecule has 1 heterocycles. The number of nitrogens with one attached hydrogen (secondary N) is 2. The predicted molar refractivity (Wildman–Crippen MR) is 66.7 cm³/mol. The molecule has 1 aromatic rings. The second kappa shape index (κ2) is 6.00. The summed E-state index contributed by atoms with van der Waals surface area (Å²) in [5, 5.41) is 14.4. The molecule has 5 heteroatoms. The molecule has 0 aromatic carbocycles. The highest BCUT2D eigenvalue weighted by Crippen LogP contribution is 2.36. The number of anilines is 1. The van der Waals surface area contributed by atoms with Crippen LogP contribution in [0, 0.1) is 11.8 Å². The van der Waals surface area contributed by atoms with Crippen LogP contribution in [0.5, 0.6) is 0 Å². The van der Waals surface area contributed by atoms with Crippen molar-refractivity contribution in [3.8, 4) is 0 Å². The quantitative estimate of drug-likeness (QED) is 0.678. The number of hydrogen-bond donors (Lipinski definition) is 2. The smallest absolute Gasteiger partial charge is 0.315 e. The van der Waals surface area contributed by atoms with Gasteiger partial charge in [0.05, 0.1) is 6.54 Å². The Hall–Kier alpha value is -1.10. The fourth-order valence-corrected chi connectivity index (χ4v) is 1.85. The Morgan fingerprint density at radius 3 is 2.94 bits per heavy atom. The monoisotopic (exact) mass is 238 g/mol. The average molecular weight is 238 g/mol. The van der Waals surface area contributed by atoms with Gasteiger partial charge < -0.3 is 15.1 Å². The second-order valence-electron chi connectivity index (χ2n) is 4.87. The zero-order valence-corrected chi connectivity index (χ0v) is 10.7. The van der Waals surface area contributed by atoms with Crippen LogP contribution in [-0.2, 0) is 6.54 Å². The molecule has 1 saturated carbocycles. The fourth-order valence-electron chi connectivity index (χ4n) is 1.85. The Balaban J connectivity index is 1.69. The van der Waals surface area contributed by atoms with Crippen LogP contribution in [0.15, 0.2) is 4.42 Å². The van der Waals surface area contributed by atoms with Crippen LogP contribution in [0.25, 0.3) is 0 Å². The van der Waals surface area contributed by atoms with E-state index in [0.29, 0.717) is 24.4 Å². The van der Waals surface area contributed by atoms with Crippen molar-refractivity contribution >= 4 is 6.01 Å². The van der Waals surface area contributed by atoms with E-state index in [1.165, 1.54) is 12.8 Å². The Morgan fingerprint density at radius 2 is 2.24 bits per heavy atom. The average Bonchev–Trinajstić information content (AvgIpc) is 3.08. The van der Waals surface area contributed by atoms with Gasteiger partial charge >= 0.3 is 6.01 Å². The topological polar surface area (TPSA) is 63.0 Å². The minimum absolute atomic E-state index is 0.547. The van der Waals surface area contributed by atoms with E-state index in [0.717, 1.165) is 25.4 Å². The number of rotatable bonds is 8. The second-order valence-corrected chi connectivity index (χ2v) is 4.87. The van der Waals surface area contributed by atoms with Crippen molar-refractivity contribution in [3.05, 3.63) is 5.89 Å². The molecule has 0 amide bonds. The highest BCUT2D eigenvalue weighted by atomic mass is 16.4. The molecule has 2 rings (SSSR count). The molecule has 1 aliphatic rings. The molecule has 1 atom stereocenters. The molecule has 1 aliphatic carbocycles. The fraction of sp³-hybridized carbons (Fsp3) is 0.833. The van der Waals surface area contributed by atoms with Crippen molar-refractivity contribution in [1.82, 2.24) is 15.5 Å². The summed E-state index contributed by atoms with van der Waals surface area (Å²) in [5.74, 6) is 2.25. The lowest BCUT2D eigenvalue weighted by molar-refractivity contribution is 0.468. The number of aromatic nitrogens is 2. The maximum absolute atomic E-state index is 5.48. The minimum Gasteiger partial charge on any atom is -0.407 e. The van der Waals surface area contributed by atoms with Gasteiger partial charge in [0.1, 0.15) is 0 Å². The van der Waals surface area contributed by atoms with E-state index < -0.39 is 0 Å². The maximum Gasteiger partial charge on any atom is 0.315 e. The van der Waals surface area contributed by atoms with Gasteiger partial charge in [-0.15, -0.1) is 5.10 Å². The van der Waals surface area contributed by atoms with Crippen molar-refractivity contribution in [1.29, 1.82) is 0 Å². The summed E-state index contributed by atoms with van der Waals surface area (Å²) in [5.41, 5.74) is 0. The number of nitrogens with zero attached hydrogens (tertiary/aromatic N) is 2. The highest BCUT2D eigenvalue weighted by molar-refractivity contribution is 5.17. The molecule has 1 fully saturated rings.